The summed E-state index contributed by atoms with van der Waals surface area (Å²) >= 11 is 1.14. The maximum atomic E-state index is 13.5. The third-order valence-corrected chi connectivity index (χ3v) is 3.65. The van der Waals surface area contributed by atoms with E-state index in [1.165, 1.54) is 19.2 Å². The predicted octanol–water partition coefficient (Wildman–Crippen LogP) is 3.81. The lowest BCUT2D eigenvalue weighted by Gasteiger charge is -2.11. The second kappa shape index (κ2) is 7.77. The van der Waals surface area contributed by atoms with Crippen LogP contribution in [0.25, 0.3) is 0 Å². The van der Waals surface area contributed by atoms with Gasteiger partial charge >= 0.3 is 5.97 Å². The van der Waals surface area contributed by atoms with E-state index in [4.69, 9.17) is 15.3 Å². The van der Waals surface area contributed by atoms with Gasteiger partial charge in [0, 0.05) is 12.3 Å². The second-order valence-corrected chi connectivity index (χ2v) is 5.19. The number of nitriles is 2. The first kappa shape index (κ1) is 17.0. The summed E-state index contributed by atoms with van der Waals surface area (Å²) in [6.45, 7) is 0. The minimum absolute atomic E-state index is 0.184. The van der Waals surface area contributed by atoms with E-state index in [1.807, 2.05) is 0 Å². The average molecular weight is 343 g/mol. The summed E-state index contributed by atoms with van der Waals surface area (Å²) in [5.74, 6) is -0.613. The normalized spacial score (nSPS) is 9.33. The Labute approximate surface area is 141 Å². The Morgan fingerprint density at radius 2 is 2.04 bits per heavy atom. The molecule has 2 aromatic rings. The fourth-order valence-electron chi connectivity index (χ4n) is 1.68. The number of benzene rings is 1. The molecule has 0 saturated carbocycles. The zero-order valence-electron chi connectivity index (χ0n) is 12.4. The average Bonchev–Trinajstić information content (AvgIpc) is 3.05. The first-order chi connectivity index (χ1) is 11.6. The van der Waals surface area contributed by atoms with Crippen LogP contribution in [0, 0.1) is 28.5 Å². The number of carbonyl (C=O) groups is 1. The zero-order valence-corrected chi connectivity index (χ0v) is 13.2. The molecule has 6 nitrogen and oxygen atoms in total. The molecule has 1 aromatic heterocycles. The lowest BCUT2D eigenvalue weighted by molar-refractivity contribution is 0.0604. The minimum atomic E-state index is -0.548. The fraction of sp³-hybridized carbons (Fsp3) is 0.0625. The number of esters is 1. The zero-order chi connectivity index (χ0) is 17.5. The molecule has 0 aliphatic rings. The van der Waals surface area contributed by atoms with E-state index in [2.05, 4.69) is 10.1 Å². The van der Waals surface area contributed by atoms with E-state index in [-0.39, 0.29) is 27.6 Å². The van der Waals surface area contributed by atoms with Crippen LogP contribution >= 0.6 is 11.3 Å². The van der Waals surface area contributed by atoms with Crippen molar-refractivity contribution >= 4 is 23.0 Å². The highest BCUT2D eigenvalue weighted by molar-refractivity contribution is 7.12. The summed E-state index contributed by atoms with van der Waals surface area (Å²) in [4.78, 5) is 11.9. The molecule has 0 atom stereocenters. The number of hydrogen-bond donors (Lipinski definition) is 1. The predicted molar refractivity (Wildman–Crippen MR) is 85.1 cm³/mol. The summed E-state index contributed by atoms with van der Waals surface area (Å²) in [5, 5.41) is 21.7. The lowest BCUT2D eigenvalue weighted by Crippen LogP contribution is -2.01. The number of methoxy groups -OCH3 is 1. The second-order valence-electron chi connectivity index (χ2n) is 4.27. The van der Waals surface area contributed by atoms with Gasteiger partial charge in [0.25, 0.3) is 0 Å². The van der Waals surface area contributed by atoms with Gasteiger partial charge in [-0.25, -0.2) is 9.18 Å². The highest BCUT2D eigenvalue weighted by Crippen LogP contribution is 2.34. The number of carbonyl (C=O) groups excluding carboxylic acids is 1. The van der Waals surface area contributed by atoms with Crippen LogP contribution in [0.15, 0.2) is 41.4 Å². The van der Waals surface area contributed by atoms with Crippen molar-refractivity contribution in [2.45, 2.75) is 0 Å². The first-order valence-electron chi connectivity index (χ1n) is 6.49. The molecule has 0 aliphatic heterocycles. The molecular formula is C16H10FN3O3S. The Kier molecular flexibility index (Phi) is 5.50. The fourth-order valence-corrected chi connectivity index (χ4v) is 2.41. The monoisotopic (exact) mass is 343 g/mol. The van der Waals surface area contributed by atoms with Crippen LogP contribution in [0.5, 0.6) is 11.5 Å². The van der Waals surface area contributed by atoms with Gasteiger partial charge in [-0.05, 0) is 23.6 Å². The number of nitrogens with one attached hydrogen (secondary N) is 1. The van der Waals surface area contributed by atoms with Gasteiger partial charge in [0.15, 0.2) is 16.4 Å². The molecule has 1 heterocycles. The van der Waals surface area contributed by atoms with E-state index < -0.39 is 11.8 Å². The number of nitrogens with zero attached hydrogens (tertiary/aromatic N) is 2. The van der Waals surface area contributed by atoms with Crippen molar-refractivity contribution in [1.82, 2.24) is 0 Å². The van der Waals surface area contributed by atoms with Crippen molar-refractivity contribution in [3.8, 4) is 23.6 Å². The van der Waals surface area contributed by atoms with Gasteiger partial charge in [-0.2, -0.15) is 10.5 Å². The number of hydrogen-bond acceptors (Lipinski definition) is 7. The Morgan fingerprint density at radius 3 is 2.71 bits per heavy atom. The van der Waals surface area contributed by atoms with E-state index in [1.54, 1.807) is 23.6 Å². The van der Waals surface area contributed by atoms with E-state index in [9.17, 15) is 9.18 Å². The van der Waals surface area contributed by atoms with Crippen molar-refractivity contribution in [3.05, 3.63) is 52.1 Å². The number of anilines is 1. The molecule has 0 bridgehead atoms. The van der Waals surface area contributed by atoms with Crippen molar-refractivity contribution < 1.29 is 18.7 Å². The number of rotatable bonds is 5. The van der Waals surface area contributed by atoms with Gasteiger partial charge in [-0.3, -0.25) is 0 Å². The van der Waals surface area contributed by atoms with Crippen LogP contribution in [0.1, 0.15) is 9.67 Å². The molecule has 2 rings (SSSR count). The molecule has 1 aromatic carbocycles. The summed E-state index contributed by atoms with van der Waals surface area (Å²) in [7, 11) is 1.26. The van der Waals surface area contributed by atoms with E-state index >= 15 is 0 Å². The highest BCUT2D eigenvalue weighted by atomic mass is 32.1. The molecule has 0 aliphatic carbocycles. The van der Waals surface area contributed by atoms with Crippen LogP contribution in [-0.2, 0) is 4.74 Å². The van der Waals surface area contributed by atoms with Gasteiger partial charge in [0.05, 0.1) is 12.8 Å². The summed E-state index contributed by atoms with van der Waals surface area (Å²) in [6.07, 6.45) is 1.14. The number of ether oxygens (including phenoxy) is 2. The smallest absolute Gasteiger partial charge is 0.351 e. The summed E-state index contributed by atoms with van der Waals surface area (Å²) in [6, 6.07) is 8.62. The molecule has 0 radical (unpaired) electrons. The molecule has 0 unspecified atom stereocenters. The molecule has 0 saturated heterocycles. The Hall–Kier alpha value is -3.36. The minimum Gasteiger partial charge on any atom is -0.465 e. The quantitative estimate of drug-likeness (QED) is 0.655. The maximum Gasteiger partial charge on any atom is 0.351 e. The van der Waals surface area contributed by atoms with Gasteiger partial charge in [-0.1, -0.05) is 0 Å². The van der Waals surface area contributed by atoms with Gasteiger partial charge in [-0.15, -0.1) is 11.3 Å². The molecule has 8 heteroatoms. The third-order valence-electron chi connectivity index (χ3n) is 2.77. The Bertz CT molecular complexity index is 861. The largest absolute Gasteiger partial charge is 0.465 e. The summed E-state index contributed by atoms with van der Waals surface area (Å²) < 4.78 is 23.8. The summed E-state index contributed by atoms with van der Waals surface area (Å²) in [5.41, 5.74) is 0.0102. The van der Waals surface area contributed by atoms with Crippen molar-refractivity contribution in [1.29, 1.82) is 10.5 Å². The Morgan fingerprint density at radius 1 is 1.29 bits per heavy atom. The molecule has 0 fully saturated rings. The topological polar surface area (TPSA) is 95.1 Å². The third kappa shape index (κ3) is 3.88. The van der Waals surface area contributed by atoms with Crippen LogP contribution in [-0.4, -0.2) is 13.1 Å². The molecule has 1 N–H and O–H groups in total. The molecule has 0 spiro atoms. The SMILES string of the molecule is COC(=O)c1sccc1Oc1ccc(F)cc1NC=C(C#N)C#N. The van der Waals surface area contributed by atoms with Crippen LogP contribution < -0.4 is 10.1 Å². The maximum absolute atomic E-state index is 13.5. The first-order valence-corrected chi connectivity index (χ1v) is 7.37. The Balaban J connectivity index is 2.34. The van der Waals surface area contributed by atoms with Gasteiger partial charge < -0.3 is 14.8 Å². The molecule has 24 heavy (non-hydrogen) atoms. The van der Waals surface area contributed by atoms with E-state index in [0.717, 1.165) is 23.6 Å². The van der Waals surface area contributed by atoms with E-state index in [0.29, 0.717) is 0 Å². The van der Waals surface area contributed by atoms with Crippen LogP contribution in [0.3, 0.4) is 0 Å². The van der Waals surface area contributed by atoms with Crippen molar-refractivity contribution in [2.24, 2.45) is 0 Å². The molecule has 120 valence electrons. The van der Waals surface area contributed by atoms with Crippen LogP contribution in [0.2, 0.25) is 0 Å². The van der Waals surface area contributed by atoms with Crippen molar-refractivity contribution in [3.63, 3.8) is 0 Å². The van der Waals surface area contributed by atoms with Crippen molar-refractivity contribution in [2.75, 3.05) is 12.4 Å². The number of thiophene rings is 1. The standard InChI is InChI=1S/C16H10FN3O3S/c1-22-16(21)15-14(4-5-24-15)23-13-3-2-11(17)6-12(13)20-9-10(7-18)8-19/h2-6,9,20H,1H3. The highest BCUT2D eigenvalue weighted by Gasteiger charge is 2.17. The molecular weight excluding hydrogens is 333 g/mol. The number of halogens is 1. The molecule has 0 amide bonds. The van der Waals surface area contributed by atoms with Crippen LogP contribution in [0.4, 0.5) is 10.1 Å². The lowest BCUT2D eigenvalue weighted by atomic mass is 10.2. The van der Waals surface area contributed by atoms with Gasteiger partial charge in [0.2, 0.25) is 0 Å². The number of allylic oxidation sites excluding steroid dienone is 1. The van der Waals surface area contributed by atoms with Gasteiger partial charge in [0.1, 0.15) is 23.5 Å².